The fourth-order valence-corrected chi connectivity index (χ4v) is 3.61. The van der Waals surface area contributed by atoms with Crippen LogP contribution in [0.5, 0.6) is 0 Å². The lowest BCUT2D eigenvalue weighted by Gasteiger charge is -2.25. The monoisotopic (exact) mass is 457 g/mol. The predicted octanol–water partition coefficient (Wildman–Crippen LogP) is 3.69. The van der Waals surface area contributed by atoms with Crippen LogP contribution in [-0.4, -0.2) is 36.6 Å². The molecule has 6 heteroatoms. The Morgan fingerprint density at radius 2 is 1.96 bits per heavy atom. The van der Waals surface area contributed by atoms with Crippen LogP contribution in [0.15, 0.2) is 23.3 Å². The largest absolute Gasteiger partial charge is 0.357 e. The second-order valence-corrected chi connectivity index (χ2v) is 6.89. The molecule has 25 heavy (non-hydrogen) atoms. The predicted molar refractivity (Wildman–Crippen MR) is 116 cm³/mol. The lowest BCUT2D eigenvalue weighted by Crippen LogP contribution is -2.44. The van der Waals surface area contributed by atoms with Crippen molar-refractivity contribution in [3.63, 3.8) is 0 Å². The summed E-state index contributed by atoms with van der Waals surface area (Å²) in [6, 6.07) is 4.85. The first-order chi connectivity index (χ1) is 11.8. The molecule has 2 aliphatic rings. The molecule has 1 saturated carbocycles. The standard InChI is InChI=1S/C19H31N5.HI/c1-2-20-19(23-17-8-4-3-5-9-17)22-15-16-10-11-21-18(14-16)24-12-6-7-13-24;/h10-11,14,17H,2-9,12-13,15H2,1H3,(H2,20,22,23);1H. The summed E-state index contributed by atoms with van der Waals surface area (Å²) in [6.45, 7) is 5.98. The van der Waals surface area contributed by atoms with E-state index in [1.807, 2.05) is 6.20 Å². The molecule has 3 rings (SSSR count). The third kappa shape index (κ3) is 6.31. The van der Waals surface area contributed by atoms with Crippen LogP contribution in [-0.2, 0) is 6.54 Å². The molecular formula is C19H32IN5. The van der Waals surface area contributed by atoms with Crippen LogP contribution in [0.1, 0.15) is 57.4 Å². The summed E-state index contributed by atoms with van der Waals surface area (Å²) >= 11 is 0. The molecule has 2 heterocycles. The Morgan fingerprint density at radius 1 is 1.20 bits per heavy atom. The molecule has 2 fully saturated rings. The second kappa shape index (κ2) is 10.8. The second-order valence-electron chi connectivity index (χ2n) is 6.89. The van der Waals surface area contributed by atoms with Crippen LogP contribution in [0.25, 0.3) is 0 Å². The van der Waals surface area contributed by atoms with Crippen molar-refractivity contribution in [1.29, 1.82) is 0 Å². The Hall–Kier alpha value is -1.05. The van der Waals surface area contributed by atoms with Gasteiger partial charge in [0.25, 0.3) is 0 Å². The Morgan fingerprint density at radius 3 is 2.68 bits per heavy atom. The van der Waals surface area contributed by atoms with Crippen LogP contribution >= 0.6 is 24.0 Å². The van der Waals surface area contributed by atoms with Gasteiger partial charge in [-0.15, -0.1) is 24.0 Å². The average molecular weight is 457 g/mol. The highest BCUT2D eigenvalue weighted by molar-refractivity contribution is 14.0. The number of anilines is 1. The highest BCUT2D eigenvalue weighted by Crippen LogP contribution is 2.19. The molecule has 1 aliphatic carbocycles. The van der Waals surface area contributed by atoms with Crippen LogP contribution < -0.4 is 15.5 Å². The number of rotatable bonds is 5. The van der Waals surface area contributed by atoms with Gasteiger partial charge in [-0.1, -0.05) is 19.3 Å². The van der Waals surface area contributed by atoms with Gasteiger partial charge in [0.15, 0.2) is 5.96 Å². The number of guanidine groups is 1. The van der Waals surface area contributed by atoms with Crippen molar-refractivity contribution >= 4 is 35.8 Å². The molecule has 0 aromatic carbocycles. The lowest BCUT2D eigenvalue weighted by molar-refractivity contribution is 0.410. The highest BCUT2D eigenvalue weighted by Gasteiger charge is 2.15. The summed E-state index contributed by atoms with van der Waals surface area (Å²) in [6.07, 6.45) is 11.0. The molecule has 0 unspecified atom stereocenters. The first-order valence-corrected chi connectivity index (χ1v) is 9.60. The maximum atomic E-state index is 4.79. The van der Waals surface area contributed by atoms with Crippen molar-refractivity contribution in [1.82, 2.24) is 15.6 Å². The Labute approximate surface area is 169 Å². The fraction of sp³-hybridized carbons (Fsp3) is 0.684. The van der Waals surface area contributed by atoms with Gasteiger partial charge in [-0.2, -0.15) is 0 Å². The molecule has 1 aliphatic heterocycles. The summed E-state index contributed by atoms with van der Waals surface area (Å²) < 4.78 is 0. The lowest BCUT2D eigenvalue weighted by atomic mass is 9.96. The van der Waals surface area contributed by atoms with Crippen molar-refractivity contribution in [2.45, 2.75) is 64.5 Å². The summed E-state index contributed by atoms with van der Waals surface area (Å²) in [5, 5.41) is 6.99. The molecule has 1 aromatic rings. The zero-order valence-corrected chi connectivity index (χ0v) is 17.7. The number of halogens is 1. The molecule has 0 radical (unpaired) electrons. The number of aromatic nitrogens is 1. The third-order valence-electron chi connectivity index (χ3n) is 4.95. The van der Waals surface area contributed by atoms with E-state index in [4.69, 9.17) is 4.99 Å². The zero-order valence-electron chi connectivity index (χ0n) is 15.3. The van der Waals surface area contributed by atoms with Gasteiger partial charge in [-0.25, -0.2) is 9.98 Å². The smallest absolute Gasteiger partial charge is 0.191 e. The van der Waals surface area contributed by atoms with Gasteiger partial charge in [0.2, 0.25) is 0 Å². The van der Waals surface area contributed by atoms with Crippen molar-refractivity contribution in [2.75, 3.05) is 24.5 Å². The van der Waals surface area contributed by atoms with Crippen molar-refractivity contribution in [3.05, 3.63) is 23.9 Å². The molecule has 0 amide bonds. The van der Waals surface area contributed by atoms with Crippen LogP contribution in [0.2, 0.25) is 0 Å². The Balaban J connectivity index is 0.00000225. The van der Waals surface area contributed by atoms with E-state index in [-0.39, 0.29) is 24.0 Å². The summed E-state index contributed by atoms with van der Waals surface area (Å²) in [4.78, 5) is 11.7. The van der Waals surface area contributed by atoms with Gasteiger partial charge < -0.3 is 15.5 Å². The molecule has 1 aromatic heterocycles. The number of pyridine rings is 1. The summed E-state index contributed by atoms with van der Waals surface area (Å²) in [5.74, 6) is 2.05. The molecule has 5 nitrogen and oxygen atoms in total. The summed E-state index contributed by atoms with van der Waals surface area (Å²) in [5.41, 5.74) is 1.23. The number of nitrogens with one attached hydrogen (secondary N) is 2. The molecule has 140 valence electrons. The van der Waals surface area contributed by atoms with E-state index in [1.54, 1.807) is 0 Å². The van der Waals surface area contributed by atoms with E-state index >= 15 is 0 Å². The molecule has 2 N–H and O–H groups in total. The zero-order chi connectivity index (χ0) is 16.6. The molecule has 0 spiro atoms. The van der Waals surface area contributed by atoms with Gasteiger partial charge in [0.1, 0.15) is 5.82 Å². The normalized spacial score (nSPS) is 18.8. The maximum absolute atomic E-state index is 4.79. The van der Waals surface area contributed by atoms with Crippen molar-refractivity contribution in [3.8, 4) is 0 Å². The highest BCUT2D eigenvalue weighted by atomic mass is 127. The van der Waals surface area contributed by atoms with Gasteiger partial charge in [0.05, 0.1) is 6.54 Å². The van der Waals surface area contributed by atoms with E-state index in [0.717, 1.165) is 31.4 Å². The first kappa shape index (κ1) is 20.3. The minimum absolute atomic E-state index is 0. The van der Waals surface area contributed by atoms with Gasteiger partial charge >= 0.3 is 0 Å². The number of hydrogen-bond donors (Lipinski definition) is 2. The first-order valence-electron chi connectivity index (χ1n) is 9.60. The van der Waals surface area contributed by atoms with Crippen LogP contribution in [0.4, 0.5) is 5.82 Å². The molecule has 0 atom stereocenters. The maximum Gasteiger partial charge on any atom is 0.191 e. The van der Waals surface area contributed by atoms with E-state index in [9.17, 15) is 0 Å². The van der Waals surface area contributed by atoms with E-state index in [1.165, 1.54) is 50.5 Å². The van der Waals surface area contributed by atoms with Crippen molar-refractivity contribution in [2.24, 2.45) is 4.99 Å². The minimum Gasteiger partial charge on any atom is -0.357 e. The van der Waals surface area contributed by atoms with E-state index < -0.39 is 0 Å². The Kier molecular flexibility index (Phi) is 8.78. The minimum atomic E-state index is 0. The van der Waals surface area contributed by atoms with E-state index in [0.29, 0.717) is 12.6 Å². The topological polar surface area (TPSA) is 52.6 Å². The van der Waals surface area contributed by atoms with Crippen molar-refractivity contribution < 1.29 is 0 Å². The summed E-state index contributed by atoms with van der Waals surface area (Å²) in [7, 11) is 0. The third-order valence-corrected chi connectivity index (χ3v) is 4.95. The Bertz CT molecular complexity index is 536. The van der Waals surface area contributed by atoms with E-state index in [2.05, 4.69) is 39.6 Å². The molecule has 0 bridgehead atoms. The van der Waals surface area contributed by atoms with Gasteiger partial charge in [-0.05, 0) is 50.3 Å². The van der Waals surface area contributed by atoms with Gasteiger partial charge in [-0.3, -0.25) is 0 Å². The number of nitrogens with zero attached hydrogens (tertiary/aromatic N) is 3. The molecule has 1 saturated heterocycles. The van der Waals surface area contributed by atoms with Gasteiger partial charge in [0, 0.05) is 31.9 Å². The molecular weight excluding hydrogens is 425 g/mol. The fourth-order valence-electron chi connectivity index (χ4n) is 3.61. The SMILES string of the molecule is CCNC(=NCc1ccnc(N2CCCC2)c1)NC1CCCCC1.I. The van der Waals surface area contributed by atoms with Crippen LogP contribution in [0, 0.1) is 0 Å². The van der Waals surface area contributed by atoms with Crippen LogP contribution in [0.3, 0.4) is 0 Å². The number of aliphatic imine (C=N–C) groups is 1. The average Bonchev–Trinajstić information content (AvgIpc) is 3.16. The quantitative estimate of drug-likeness (QED) is 0.403. The number of hydrogen-bond acceptors (Lipinski definition) is 3.